The van der Waals surface area contributed by atoms with E-state index in [0.29, 0.717) is 12.5 Å². The highest BCUT2D eigenvalue weighted by Gasteiger charge is 2.28. The van der Waals surface area contributed by atoms with Gasteiger partial charge in [-0.25, -0.2) is 0 Å². The summed E-state index contributed by atoms with van der Waals surface area (Å²) in [5.74, 6) is -0.223. The molecule has 106 valence electrons. The Labute approximate surface area is 111 Å². The van der Waals surface area contributed by atoms with Crippen molar-refractivity contribution >= 4 is 11.6 Å². The van der Waals surface area contributed by atoms with Crippen LogP contribution in [-0.2, 0) is 6.54 Å². The van der Waals surface area contributed by atoms with Gasteiger partial charge in [0.15, 0.2) is 0 Å². The average molecular weight is 268 g/mol. The first kappa shape index (κ1) is 15.1. The van der Waals surface area contributed by atoms with E-state index in [4.69, 9.17) is 5.73 Å². The monoisotopic (exact) mass is 268 g/mol. The minimum atomic E-state index is -0.809. The Hall–Kier alpha value is -1.92. The van der Waals surface area contributed by atoms with Gasteiger partial charge in [-0.1, -0.05) is 20.3 Å². The molecule has 0 bridgehead atoms. The van der Waals surface area contributed by atoms with Crippen LogP contribution in [0.15, 0.2) is 0 Å². The highest BCUT2D eigenvalue weighted by atomic mass is 16.6. The lowest BCUT2D eigenvalue weighted by Gasteiger charge is -2.08. The third kappa shape index (κ3) is 3.52. The maximum absolute atomic E-state index is 11.4. The molecule has 0 aromatic carbocycles. The average Bonchev–Trinajstić information content (AvgIpc) is 2.65. The number of nitrogens with zero attached hydrogens (tertiary/aromatic N) is 3. The number of aromatic nitrogens is 2. The highest BCUT2D eigenvalue weighted by Crippen LogP contribution is 2.23. The molecule has 2 N–H and O–H groups in total. The van der Waals surface area contributed by atoms with Gasteiger partial charge in [-0.15, -0.1) is 0 Å². The number of rotatable bonds is 7. The van der Waals surface area contributed by atoms with Gasteiger partial charge in [0.2, 0.25) is 5.69 Å². The van der Waals surface area contributed by atoms with Crippen LogP contribution < -0.4 is 5.73 Å². The van der Waals surface area contributed by atoms with Crippen LogP contribution in [0.4, 0.5) is 5.69 Å². The molecule has 0 aliphatic rings. The second kappa shape index (κ2) is 6.31. The Kier molecular flexibility index (Phi) is 5.02. The molecule has 0 fully saturated rings. The molecule has 0 aliphatic heterocycles. The maximum atomic E-state index is 11.4. The van der Waals surface area contributed by atoms with Gasteiger partial charge in [0.05, 0.1) is 4.92 Å². The van der Waals surface area contributed by atoms with Crippen LogP contribution in [0.25, 0.3) is 0 Å². The Morgan fingerprint density at radius 1 is 1.58 bits per heavy atom. The largest absolute Gasteiger partial charge is 0.364 e. The zero-order valence-electron chi connectivity index (χ0n) is 11.5. The van der Waals surface area contributed by atoms with Crippen LogP contribution in [0.2, 0.25) is 0 Å². The van der Waals surface area contributed by atoms with E-state index in [9.17, 15) is 14.9 Å². The van der Waals surface area contributed by atoms with E-state index in [1.165, 1.54) is 11.6 Å². The molecule has 1 aromatic rings. The molecule has 1 aromatic heterocycles. The van der Waals surface area contributed by atoms with Crippen molar-refractivity contribution < 1.29 is 9.72 Å². The molecular formula is C12H20N4O3. The molecule has 0 radical (unpaired) electrons. The molecule has 0 saturated heterocycles. The van der Waals surface area contributed by atoms with Crippen LogP contribution in [0, 0.1) is 23.0 Å². The van der Waals surface area contributed by atoms with E-state index < -0.39 is 10.8 Å². The van der Waals surface area contributed by atoms with E-state index in [2.05, 4.69) is 18.9 Å². The molecule has 7 nitrogen and oxygen atoms in total. The predicted molar refractivity (Wildman–Crippen MR) is 70.8 cm³/mol. The third-order valence-electron chi connectivity index (χ3n) is 3.28. The first-order valence-electron chi connectivity index (χ1n) is 6.40. The lowest BCUT2D eigenvalue weighted by Crippen LogP contribution is -2.19. The number of amides is 1. The van der Waals surface area contributed by atoms with E-state index in [0.717, 1.165) is 19.3 Å². The smallest absolute Gasteiger partial charge is 0.322 e. The second-order valence-corrected chi connectivity index (χ2v) is 4.78. The molecular weight excluding hydrogens is 248 g/mol. The number of carbonyl (C=O) groups is 1. The molecule has 1 rings (SSSR count). The van der Waals surface area contributed by atoms with Gasteiger partial charge >= 0.3 is 5.69 Å². The van der Waals surface area contributed by atoms with Crippen LogP contribution in [0.5, 0.6) is 0 Å². The molecule has 0 aliphatic carbocycles. The molecule has 7 heteroatoms. The summed E-state index contributed by atoms with van der Waals surface area (Å²) in [5, 5.41) is 15.0. The summed E-state index contributed by atoms with van der Waals surface area (Å²) in [6, 6.07) is 0. The van der Waals surface area contributed by atoms with Crippen LogP contribution in [-0.4, -0.2) is 20.6 Å². The molecule has 1 atom stereocenters. The van der Waals surface area contributed by atoms with E-state index in [1.54, 1.807) is 0 Å². The summed E-state index contributed by atoms with van der Waals surface area (Å²) in [6.07, 6.45) is 2.88. The van der Waals surface area contributed by atoms with Gasteiger partial charge in [-0.3, -0.25) is 19.6 Å². The van der Waals surface area contributed by atoms with Crippen LogP contribution in [0.3, 0.4) is 0 Å². The summed E-state index contributed by atoms with van der Waals surface area (Å²) in [4.78, 5) is 21.7. The SMILES string of the molecule is CC[C@@H](C)CCCn1nc(C)c([N+](=O)[O-])c1C(N)=O. The van der Waals surface area contributed by atoms with Gasteiger partial charge in [-0.2, -0.15) is 5.10 Å². The van der Waals surface area contributed by atoms with Gasteiger partial charge in [0.25, 0.3) is 5.91 Å². The fourth-order valence-electron chi connectivity index (χ4n) is 1.99. The van der Waals surface area contributed by atoms with Crippen molar-refractivity contribution in [2.24, 2.45) is 11.7 Å². The van der Waals surface area contributed by atoms with Gasteiger partial charge < -0.3 is 5.73 Å². The standard InChI is InChI=1S/C12H20N4O3/c1-4-8(2)6-5-7-15-11(12(13)17)10(16(18)19)9(3)14-15/h8H,4-7H2,1-3H3,(H2,13,17)/t8-/m1/s1. The summed E-state index contributed by atoms with van der Waals surface area (Å²) in [6.45, 7) is 6.24. The summed E-state index contributed by atoms with van der Waals surface area (Å²) in [5.41, 5.74) is 5.06. The number of hydrogen-bond acceptors (Lipinski definition) is 4. The molecule has 0 unspecified atom stereocenters. The summed E-state index contributed by atoms with van der Waals surface area (Å²) < 4.78 is 1.36. The quantitative estimate of drug-likeness (QED) is 0.603. The van der Waals surface area contributed by atoms with Crippen LogP contribution in [0.1, 0.15) is 49.3 Å². The number of nitro groups is 1. The number of hydrogen-bond donors (Lipinski definition) is 1. The maximum Gasteiger partial charge on any atom is 0.322 e. The fraction of sp³-hybridized carbons (Fsp3) is 0.667. The van der Waals surface area contributed by atoms with Gasteiger partial charge in [0, 0.05) is 6.54 Å². The molecule has 19 heavy (non-hydrogen) atoms. The van der Waals surface area contributed by atoms with Crippen molar-refractivity contribution in [3.8, 4) is 0 Å². The topological polar surface area (TPSA) is 104 Å². The van der Waals surface area contributed by atoms with Crippen LogP contribution >= 0.6 is 0 Å². The van der Waals surface area contributed by atoms with Crippen molar-refractivity contribution in [3.63, 3.8) is 0 Å². The van der Waals surface area contributed by atoms with E-state index >= 15 is 0 Å². The third-order valence-corrected chi connectivity index (χ3v) is 3.28. The molecule has 1 heterocycles. The van der Waals surface area contributed by atoms with Gasteiger partial charge in [0.1, 0.15) is 5.69 Å². The van der Waals surface area contributed by atoms with Crippen molar-refractivity contribution in [2.75, 3.05) is 0 Å². The normalized spacial score (nSPS) is 12.4. The van der Waals surface area contributed by atoms with Gasteiger partial charge in [-0.05, 0) is 25.7 Å². The van der Waals surface area contributed by atoms with Crippen molar-refractivity contribution in [3.05, 3.63) is 21.5 Å². The number of primary amides is 1. The lowest BCUT2D eigenvalue weighted by molar-refractivity contribution is -0.385. The van der Waals surface area contributed by atoms with Crippen molar-refractivity contribution in [2.45, 2.75) is 46.6 Å². The molecule has 1 amide bonds. The minimum absolute atomic E-state index is 0.105. The first-order chi connectivity index (χ1) is 8.88. The second-order valence-electron chi connectivity index (χ2n) is 4.78. The van der Waals surface area contributed by atoms with Crippen molar-refractivity contribution in [1.29, 1.82) is 0 Å². The van der Waals surface area contributed by atoms with E-state index in [-0.39, 0.29) is 17.1 Å². The molecule has 0 saturated carbocycles. The number of aryl methyl sites for hydroxylation is 2. The molecule has 0 spiro atoms. The number of carbonyl (C=O) groups excluding carboxylic acids is 1. The minimum Gasteiger partial charge on any atom is -0.364 e. The lowest BCUT2D eigenvalue weighted by atomic mass is 10.0. The fourth-order valence-corrected chi connectivity index (χ4v) is 1.99. The van der Waals surface area contributed by atoms with E-state index in [1.807, 2.05) is 0 Å². The Bertz CT molecular complexity index is 482. The number of nitrogens with two attached hydrogens (primary N) is 1. The summed E-state index contributed by atoms with van der Waals surface area (Å²) >= 11 is 0. The zero-order chi connectivity index (χ0) is 14.6. The Morgan fingerprint density at radius 3 is 2.68 bits per heavy atom. The Balaban J connectivity index is 2.92. The van der Waals surface area contributed by atoms with Crippen molar-refractivity contribution in [1.82, 2.24) is 9.78 Å². The summed E-state index contributed by atoms with van der Waals surface area (Å²) in [7, 11) is 0. The highest BCUT2D eigenvalue weighted by molar-refractivity contribution is 5.95. The first-order valence-corrected chi connectivity index (χ1v) is 6.40. The Morgan fingerprint density at radius 2 is 2.21 bits per heavy atom. The predicted octanol–water partition coefficient (Wildman–Crippen LogP) is 2.02. The zero-order valence-corrected chi connectivity index (χ0v) is 11.5.